The van der Waals surface area contributed by atoms with E-state index in [-0.39, 0.29) is 0 Å². The van der Waals surface area contributed by atoms with Gasteiger partial charge in [-0.15, -0.1) is 0 Å². The van der Waals surface area contributed by atoms with E-state index in [9.17, 15) is 10.0 Å². The minimum absolute atomic E-state index is 0.446. The Morgan fingerprint density at radius 1 is 1.23 bits per heavy atom. The number of nitrogens with zero attached hydrogens (tertiary/aromatic N) is 1. The zero-order valence-electron chi connectivity index (χ0n) is 11.7. The van der Waals surface area contributed by atoms with Gasteiger partial charge >= 0.3 is 7.12 Å². The number of hydrogen-bond acceptors (Lipinski definition) is 6. The third-order valence-electron chi connectivity index (χ3n) is 3.32. The van der Waals surface area contributed by atoms with Gasteiger partial charge in [-0.3, -0.25) is 9.71 Å². The molecule has 0 aliphatic heterocycles. The molecule has 0 amide bonds. The normalized spacial score (nSPS) is 12.5. The van der Waals surface area contributed by atoms with Gasteiger partial charge in [-0.25, -0.2) is 0 Å². The molecule has 7 heteroatoms. The topological polar surface area (TPSA) is 78.5 Å². The van der Waals surface area contributed by atoms with E-state index < -0.39 is 13.1 Å². The molecule has 3 rings (SSSR count). The van der Waals surface area contributed by atoms with Crippen LogP contribution in [0.5, 0.6) is 0 Å². The van der Waals surface area contributed by atoms with Gasteiger partial charge in [-0.1, -0.05) is 18.2 Å². The molecule has 3 N–H and O–H groups in total. The summed E-state index contributed by atoms with van der Waals surface area (Å²) in [5, 5.41) is 20.2. The van der Waals surface area contributed by atoms with Gasteiger partial charge < -0.3 is 14.5 Å². The Morgan fingerprint density at radius 3 is 2.86 bits per heavy atom. The quantitative estimate of drug-likeness (QED) is 0.477. The molecule has 3 aromatic rings. The molecule has 0 aliphatic carbocycles. The lowest BCUT2D eigenvalue weighted by molar-refractivity contribution is 0.382. The first kappa shape index (κ1) is 15.1. The van der Waals surface area contributed by atoms with Crippen LogP contribution in [0.15, 0.2) is 64.4 Å². The molecule has 1 aromatic carbocycles. The lowest BCUT2D eigenvalue weighted by Gasteiger charge is -2.16. The Balaban J connectivity index is 1.72. The minimum atomic E-state index is -1.47. The smallest absolute Gasteiger partial charge is 0.464 e. The van der Waals surface area contributed by atoms with Gasteiger partial charge in [-0.2, -0.15) is 0 Å². The van der Waals surface area contributed by atoms with Crippen LogP contribution in [0.3, 0.4) is 0 Å². The second kappa shape index (κ2) is 6.98. The molecule has 2 aromatic heterocycles. The summed E-state index contributed by atoms with van der Waals surface area (Å²) in [6, 6.07) is 11.4. The number of pyridine rings is 1. The van der Waals surface area contributed by atoms with Gasteiger partial charge in [0.05, 0.1) is 12.2 Å². The second-order valence-corrected chi connectivity index (χ2v) is 5.80. The number of benzene rings is 1. The third-order valence-corrected chi connectivity index (χ3v) is 4.22. The van der Waals surface area contributed by atoms with Gasteiger partial charge in [0.2, 0.25) is 0 Å². The SMILES string of the molecule is OB(O)[C@H](Cc1coc2ccccc12)NSc1cccnc1. The summed E-state index contributed by atoms with van der Waals surface area (Å²) < 4.78 is 8.56. The van der Waals surface area contributed by atoms with Crippen molar-refractivity contribution in [2.75, 3.05) is 0 Å². The summed E-state index contributed by atoms with van der Waals surface area (Å²) in [6.07, 6.45) is 5.52. The molecule has 0 radical (unpaired) electrons. The molecule has 0 unspecified atom stereocenters. The van der Waals surface area contributed by atoms with Crippen LogP contribution in [0.25, 0.3) is 11.0 Å². The van der Waals surface area contributed by atoms with E-state index in [1.165, 1.54) is 11.9 Å². The molecule has 0 fully saturated rings. The fourth-order valence-corrected chi connectivity index (χ4v) is 2.94. The standard InChI is InChI=1S/C15H15BN2O3S/c19-16(20)15(18-22-12-4-3-7-17-9-12)8-11-10-21-14-6-2-1-5-13(11)14/h1-7,9-10,15,18-20H,8H2/t15-/m0/s1. The summed E-state index contributed by atoms with van der Waals surface area (Å²) in [5.74, 6) is -0.522. The molecule has 0 spiro atoms. The second-order valence-electron chi connectivity index (χ2n) is 4.89. The van der Waals surface area contributed by atoms with Crippen LogP contribution in [0.2, 0.25) is 0 Å². The Labute approximate surface area is 132 Å². The lowest BCUT2D eigenvalue weighted by Crippen LogP contribution is -2.42. The summed E-state index contributed by atoms with van der Waals surface area (Å²) in [7, 11) is -1.47. The van der Waals surface area contributed by atoms with Gasteiger partial charge in [0.1, 0.15) is 5.58 Å². The Morgan fingerprint density at radius 2 is 2.09 bits per heavy atom. The van der Waals surface area contributed by atoms with E-state index in [4.69, 9.17) is 4.42 Å². The van der Waals surface area contributed by atoms with E-state index in [1.807, 2.05) is 36.4 Å². The van der Waals surface area contributed by atoms with Gasteiger partial charge in [0.15, 0.2) is 0 Å². The number of rotatable bonds is 6. The van der Waals surface area contributed by atoms with Crippen LogP contribution in [-0.4, -0.2) is 28.1 Å². The molecule has 112 valence electrons. The van der Waals surface area contributed by atoms with Gasteiger partial charge in [0.25, 0.3) is 0 Å². The van der Waals surface area contributed by atoms with Crippen LogP contribution in [-0.2, 0) is 6.42 Å². The van der Waals surface area contributed by atoms with Crippen molar-refractivity contribution < 1.29 is 14.5 Å². The highest BCUT2D eigenvalue weighted by Gasteiger charge is 2.25. The van der Waals surface area contributed by atoms with E-state index in [0.29, 0.717) is 6.42 Å². The van der Waals surface area contributed by atoms with Crippen molar-refractivity contribution in [3.05, 3.63) is 60.6 Å². The van der Waals surface area contributed by atoms with Crippen molar-refractivity contribution in [2.45, 2.75) is 17.3 Å². The summed E-state index contributed by atoms with van der Waals surface area (Å²) in [4.78, 5) is 4.93. The van der Waals surface area contributed by atoms with Crippen LogP contribution < -0.4 is 4.72 Å². The highest BCUT2D eigenvalue weighted by molar-refractivity contribution is 7.97. The van der Waals surface area contributed by atoms with E-state index in [2.05, 4.69) is 9.71 Å². The van der Waals surface area contributed by atoms with Gasteiger partial charge in [0, 0.05) is 22.7 Å². The van der Waals surface area contributed by atoms with Crippen molar-refractivity contribution in [1.29, 1.82) is 0 Å². The maximum absolute atomic E-state index is 9.59. The zero-order chi connectivity index (χ0) is 15.4. The largest absolute Gasteiger partial charge is 0.470 e. The van der Waals surface area contributed by atoms with E-state index >= 15 is 0 Å². The summed E-state index contributed by atoms with van der Waals surface area (Å²) >= 11 is 1.32. The molecule has 2 heterocycles. The predicted octanol–water partition coefficient (Wildman–Crippen LogP) is 2.05. The van der Waals surface area contributed by atoms with Crippen LogP contribution in [0, 0.1) is 0 Å². The average Bonchev–Trinajstić information content (AvgIpc) is 2.95. The molecule has 0 saturated carbocycles. The summed E-state index contributed by atoms with van der Waals surface area (Å²) in [6.45, 7) is 0. The molecule has 22 heavy (non-hydrogen) atoms. The molecule has 0 aliphatic rings. The summed E-state index contributed by atoms with van der Waals surface area (Å²) in [5.41, 5.74) is 1.73. The minimum Gasteiger partial charge on any atom is -0.464 e. The van der Waals surface area contributed by atoms with E-state index in [1.54, 1.807) is 18.7 Å². The molecule has 0 bridgehead atoms. The maximum Gasteiger partial charge on any atom is 0.470 e. The first-order valence-electron chi connectivity index (χ1n) is 6.87. The fourth-order valence-electron chi connectivity index (χ4n) is 2.19. The first-order valence-corrected chi connectivity index (χ1v) is 7.69. The third kappa shape index (κ3) is 3.51. The maximum atomic E-state index is 9.59. The Bertz CT molecular complexity index is 736. The monoisotopic (exact) mass is 314 g/mol. The average molecular weight is 314 g/mol. The number of hydrogen-bond donors (Lipinski definition) is 3. The Kier molecular flexibility index (Phi) is 4.79. The number of aromatic nitrogens is 1. The number of furan rings is 1. The van der Waals surface area contributed by atoms with Crippen molar-refractivity contribution in [3.8, 4) is 0 Å². The lowest BCUT2D eigenvalue weighted by atomic mass is 9.77. The fraction of sp³-hybridized carbons (Fsp3) is 0.133. The molecule has 0 saturated heterocycles. The number of fused-ring (bicyclic) bond motifs is 1. The Hall–Kier alpha value is -1.80. The number of para-hydroxylation sites is 1. The van der Waals surface area contributed by atoms with Crippen molar-refractivity contribution in [2.24, 2.45) is 0 Å². The van der Waals surface area contributed by atoms with Crippen molar-refractivity contribution in [3.63, 3.8) is 0 Å². The van der Waals surface area contributed by atoms with Crippen molar-refractivity contribution in [1.82, 2.24) is 9.71 Å². The highest BCUT2D eigenvalue weighted by Crippen LogP contribution is 2.23. The van der Waals surface area contributed by atoms with E-state index in [0.717, 1.165) is 21.4 Å². The highest BCUT2D eigenvalue weighted by atomic mass is 32.2. The van der Waals surface area contributed by atoms with Crippen LogP contribution >= 0.6 is 11.9 Å². The predicted molar refractivity (Wildman–Crippen MR) is 87.1 cm³/mol. The molecule has 5 nitrogen and oxygen atoms in total. The van der Waals surface area contributed by atoms with Gasteiger partial charge in [-0.05, 0) is 42.1 Å². The molecular weight excluding hydrogens is 299 g/mol. The number of nitrogens with one attached hydrogen (secondary N) is 1. The zero-order valence-corrected chi connectivity index (χ0v) is 12.5. The first-order chi connectivity index (χ1) is 10.7. The van der Waals surface area contributed by atoms with Crippen LogP contribution in [0.1, 0.15) is 5.56 Å². The molecule has 1 atom stereocenters. The van der Waals surface area contributed by atoms with Crippen molar-refractivity contribution >= 4 is 30.0 Å². The van der Waals surface area contributed by atoms with Crippen LogP contribution in [0.4, 0.5) is 0 Å². The molecular formula is C15H15BN2O3S.